The Kier molecular flexibility index (Phi) is 15.1. The number of esters is 2. The lowest BCUT2D eigenvalue weighted by Gasteiger charge is -2.10. The molecule has 1 unspecified atom stereocenters. The van der Waals surface area contributed by atoms with Crippen LogP contribution in [0.15, 0.2) is 11.6 Å². The van der Waals surface area contributed by atoms with Crippen molar-refractivity contribution < 1.29 is 19.1 Å². The molecule has 0 rings (SSSR count). The molecule has 0 aromatic carbocycles. The molecular formula is C22H40O4. The van der Waals surface area contributed by atoms with Crippen LogP contribution in [0.2, 0.25) is 0 Å². The summed E-state index contributed by atoms with van der Waals surface area (Å²) < 4.78 is 10.5. The topological polar surface area (TPSA) is 52.6 Å². The van der Waals surface area contributed by atoms with Crippen molar-refractivity contribution in [2.24, 2.45) is 11.8 Å². The highest BCUT2D eigenvalue weighted by atomic mass is 16.5. The number of hydrogen-bond donors (Lipinski definition) is 0. The molecule has 0 aliphatic rings. The zero-order chi connectivity index (χ0) is 19.8. The predicted octanol–water partition coefficient (Wildman–Crippen LogP) is 5.84. The fourth-order valence-electron chi connectivity index (χ4n) is 2.54. The predicted molar refractivity (Wildman–Crippen MR) is 107 cm³/mol. The normalized spacial score (nSPS) is 11.9. The SMILES string of the molecule is CC(C)=CCCC(C)CCOC(=O)CCCCC(=O)OCCCC(C)C. The monoisotopic (exact) mass is 368 g/mol. The molecule has 0 spiro atoms. The van der Waals surface area contributed by atoms with E-state index in [2.05, 4.69) is 40.7 Å². The van der Waals surface area contributed by atoms with Crippen molar-refractivity contribution >= 4 is 11.9 Å². The van der Waals surface area contributed by atoms with Gasteiger partial charge in [-0.1, -0.05) is 32.4 Å². The van der Waals surface area contributed by atoms with Crippen molar-refractivity contribution in [3.63, 3.8) is 0 Å². The Labute approximate surface area is 160 Å². The first-order chi connectivity index (χ1) is 12.3. The summed E-state index contributed by atoms with van der Waals surface area (Å²) in [5, 5.41) is 0. The summed E-state index contributed by atoms with van der Waals surface area (Å²) in [6.45, 7) is 11.7. The number of hydrogen-bond acceptors (Lipinski definition) is 4. The van der Waals surface area contributed by atoms with Gasteiger partial charge in [-0.2, -0.15) is 0 Å². The van der Waals surface area contributed by atoms with Gasteiger partial charge in [-0.15, -0.1) is 0 Å². The highest BCUT2D eigenvalue weighted by Crippen LogP contribution is 2.12. The molecule has 4 nitrogen and oxygen atoms in total. The molecule has 0 radical (unpaired) electrons. The molecule has 0 bridgehead atoms. The van der Waals surface area contributed by atoms with Crippen LogP contribution in [0.3, 0.4) is 0 Å². The molecule has 0 N–H and O–H groups in total. The first-order valence-electron chi connectivity index (χ1n) is 10.3. The number of carbonyl (C=O) groups excluding carboxylic acids is 2. The van der Waals surface area contributed by atoms with E-state index in [1.165, 1.54) is 5.57 Å². The first kappa shape index (κ1) is 24.7. The molecule has 152 valence electrons. The van der Waals surface area contributed by atoms with Gasteiger partial charge < -0.3 is 9.47 Å². The Morgan fingerprint density at radius 2 is 1.38 bits per heavy atom. The van der Waals surface area contributed by atoms with Gasteiger partial charge in [0.15, 0.2) is 0 Å². The van der Waals surface area contributed by atoms with Gasteiger partial charge in [-0.05, 0) is 70.6 Å². The van der Waals surface area contributed by atoms with Crippen LogP contribution in [0.25, 0.3) is 0 Å². The molecule has 0 aliphatic carbocycles. The van der Waals surface area contributed by atoms with Crippen LogP contribution in [0.4, 0.5) is 0 Å². The second kappa shape index (κ2) is 15.9. The molecule has 0 aliphatic heterocycles. The third-order valence-corrected chi connectivity index (χ3v) is 4.29. The van der Waals surface area contributed by atoms with Crippen LogP contribution in [-0.2, 0) is 19.1 Å². The maximum absolute atomic E-state index is 11.7. The van der Waals surface area contributed by atoms with Crippen LogP contribution in [0, 0.1) is 11.8 Å². The zero-order valence-electron chi connectivity index (χ0n) is 17.6. The lowest BCUT2D eigenvalue weighted by molar-refractivity contribution is -0.146. The number of carbonyl (C=O) groups is 2. The van der Waals surface area contributed by atoms with Crippen LogP contribution >= 0.6 is 0 Å². The Morgan fingerprint density at radius 3 is 1.92 bits per heavy atom. The van der Waals surface area contributed by atoms with Gasteiger partial charge in [0.05, 0.1) is 13.2 Å². The van der Waals surface area contributed by atoms with E-state index in [4.69, 9.17) is 9.47 Å². The number of rotatable bonds is 15. The molecule has 0 amide bonds. The van der Waals surface area contributed by atoms with Crippen molar-refractivity contribution in [1.29, 1.82) is 0 Å². The minimum absolute atomic E-state index is 0.160. The van der Waals surface area contributed by atoms with E-state index in [1.807, 2.05) is 0 Å². The second-order valence-corrected chi connectivity index (χ2v) is 7.94. The largest absolute Gasteiger partial charge is 0.466 e. The van der Waals surface area contributed by atoms with Gasteiger partial charge in [0.25, 0.3) is 0 Å². The molecule has 0 fully saturated rings. The summed E-state index contributed by atoms with van der Waals surface area (Å²) in [6.07, 6.45) is 9.49. The standard InChI is InChI=1S/C22H40O4/c1-18(2)10-8-12-20(5)15-17-26-22(24)14-7-6-13-21(23)25-16-9-11-19(3)4/h10,19-20H,6-9,11-17H2,1-5H3. The van der Waals surface area contributed by atoms with Gasteiger partial charge in [0.2, 0.25) is 0 Å². The van der Waals surface area contributed by atoms with Crippen molar-refractivity contribution in [3.8, 4) is 0 Å². The maximum Gasteiger partial charge on any atom is 0.305 e. The molecule has 0 aromatic heterocycles. The minimum Gasteiger partial charge on any atom is -0.466 e. The Morgan fingerprint density at radius 1 is 0.808 bits per heavy atom. The van der Waals surface area contributed by atoms with Crippen LogP contribution in [0.5, 0.6) is 0 Å². The van der Waals surface area contributed by atoms with Crippen molar-refractivity contribution in [2.75, 3.05) is 13.2 Å². The number of ether oxygens (including phenoxy) is 2. The van der Waals surface area contributed by atoms with Gasteiger partial charge >= 0.3 is 11.9 Å². The summed E-state index contributed by atoms with van der Waals surface area (Å²) in [7, 11) is 0. The smallest absolute Gasteiger partial charge is 0.305 e. The van der Waals surface area contributed by atoms with Crippen LogP contribution in [0.1, 0.15) is 92.4 Å². The molecule has 0 saturated heterocycles. The zero-order valence-corrected chi connectivity index (χ0v) is 17.6. The summed E-state index contributed by atoms with van der Waals surface area (Å²) in [5.74, 6) is 0.878. The third-order valence-electron chi connectivity index (χ3n) is 4.29. The maximum atomic E-state index is 11.7. The summed E-state index contributed by atoms with van der Waals surface area (Å²) in [5.41, 5.74) is 1.35. The number of unbranched alkanes of at least 4 members (excludes halogenated alkanes) is 1. The molecule has 26 heavy (non-hydrogen) atoms. The lowest BCUT2D eigenvalue weighted by Crippen LogP contribution is -2.09. The van der Waals surface area contributed by atoms with Gasteiger partial charge in [0.1, 0.15) is 0 Å². The first-order valence-corrected chi connectivity index (χ1v) is 10.3. The quantitative estimate of drug-likeness (QED) is 0.207. The highest BCUT2D eigenvalue weighted by molar-refractivity contribution is 5.70. The fraction of sp³-hybridized carbons (Fsp3) is 0.818. The van der Waals surface area contributed by atoms with E-state index in [-0.39, 0.29) is 11.9 Å². The van der Waals surface area contributed by atoms with E-state index in [9.17, 15) is 9.59 Å². The van der Waals surface area contributed by atoms with Gasteiger partial charge in [-0.25, -0.2) is 0 Å². The minimum atomic E-state index is -0.160. The van der Waals surface area contributed by atoms with Crippen molar-refractivity contribution in [2.45, 2.75) is 92.4 Å². The average Bonchev–Trinajstić information content (AvgIpc) is 2.55. The van der Waals surface area contributed by atoms with Gasteiger partial charge in [-0.3, -0.25) is 9.59 Å². The Hall–Kier alpha value is -1.32. The van der Waals surface area contributed by atoms with Crippen molar-refractivity contribution in [1.82, 2.24) is 0 Å². The number of allylic oxidation sites excluding steroid dienone is 2. The molecular weight excluding hydrogens is 328 g/mol. The molecule has 4 heteroatoms. The van der Waals surface area contributed by atoms with Crippen molar-refractivity contribution in [3.05, 3.63) is 11.6 Å². The van der Waals surface area contributed by atoms with Crippen LogP contribution in [-0.4, -0.2) is 25.2 Å². The lowest BCUT2D eigenvalue weighted by atomic mass is 10.0. The van der Waals surface area contributed by atoms with E-state index in [1.54, 1.807) is 0 Å². The molecule has 0 aromatic rings. The van der Waals surface area contributed by atoms with E-state index in [0.29, 0.717) is 50.7 Å². The highest BCUT2D eigenvalue weighted by Gasteiger charge is 2.08. The van der Waals surface area contributed by atoms with E-state index >= 15 is 0 Å². The molecule has 0 saturated carbocycles. The third kappa shape index (κ3) is 17.5. The summed E-state index contributed by atoms with van der Waals surface area (Å²) in [4.78, 5) is 23.3. The summed E-state index contributed by atoms with van der Waals surface area (Å²) in [6, 6.07) is 0. The second-order valence-electron chi connectivity index (χ2n) is 7.94. The molecule has 1 atom stereocenters. The summed E-state index contributed by atoms with van der Waals surface area (Å²) >= 11 is 0. The Balaban J connectivity index is 3.54. The average molecular weight is 369 g/mol. The molecule has 0 heterocycles. The van der Waals surface area contributed by atoms with E-state index < -0.39 is 0 Å². The van der Waals surface area contributed by atoms with E-state index in [0.717, 1.165) is 32.1 Å². The van der Waals surface area contributed by atoms with Crippen LogP contribution < -0.4 is 0 Å². The Bertz CT molecular complexity index is 408. The van der Waals surface area contributed by atoms with Gasteiger partial charge in [0, 0.05) is 12.8 Å². The fourth-order valence-corrected chi connectivity index (χ4v) is 2.54.